The molecule has 0 fully saturated rings. The van der Waals surface area contributed by atoms with E-state index in [9.17, 15) is 0 Å². The molecule has 2 unspecified atom stereocenters. The van der Waals surface area contributed by atoms with E-state index in [1.54, 1.807) is 0 Å². The molecule has 102 valence electrons. The zero-order chi connectivity index (χ0) is 13.5. The van der Waals surface area contributed by atoms with Crippen LogP contribution in [0.3, 0.4) is 0 Å². The summed E-state index contributed by atoms with van der Waals surface area (Å²) < 4.78 is 5.63. The Morgan fingerprint density at radius 1 is 1.17 bits per heavy atom. The lowest BCUT2D eigenvalue weighted by atomic mass is 9.95. The molecule has 0 spiro atoms. The Morgan fingerprint density at radius 3 is 2.22 bits per heavy atom. The first-order valence-electron chi connectivity index (χ1n) is 6.79. The summed E-state index contributed by atoms with van der Waals surface area (Å²) in [5.74, 6) is 7.22. The van der Waals surface area contributed by atoms with E-state index in [0.29, 0.717) is 5.92 Å². The molecule has 0 amide bonds. The number of hydrogen-bond acceptors (Lipinski definition) is 3. The van der Waals surface area contributed by atoms with Gasteiger partial charge in [-0.15, -0.1) is 0 Å². The highest BCUT2D eigenvalue weighted by molar-refractivity contribution is 5.29. The van der Waals surface area contributed by atoms with Crippen molar-refractivity contribution in [3.8, 4) is 5.75 Å². The van der Waals surface area contributed by atoms with Gasteiger partial charge in [0.15, 0.2) is 0 Å². The predicted octanol–water partition coefficient (Wildman–Crippen LogP) is 3.41. The molecule has 0 aromatic heterocycles. The van der Waals surface area contributed by atoms with Gasteiger partial charge in [0, 0.05) is 6.04 Å². The molecule has 1 aromatic carbocycles. The molecule has 3 nitrogen and oxygen atoms in total. The smallest absolute Gasteiger partial charge is 0.119 e. The summed E-state index contributed by atoms with van der Waals surface area (Å²) in [5, 5.41) is 0. The average molecular weight is 250 g/mol. The monoisotopic (exact) mass is 250 g/mol. The molecule has 0 heterocycles. The number of benzene rings is 1. The summed E-state index contributed by atoms with van der Waals surface area (Å²) in [4.78, 5) is 0. The van der Waals surface area contributed by atoms with E-state index < -0.39 is 0 Å². The lowest BCUT2D eigenvalue weighted by Gasteiger charge is -2.20. The van der Waals surface area contributed by atoms with Gasteiger partial charge in [-0.2, -0.15) is 0 Å². The van der Waals surface area contributed by atoms with E-state index in [1.165, 1.54) is 12.0 Å². The topological polar surface area (TPSA) is 47.3 Å². The number of nitrogens with two attached hydrogens (primary N) is 1. The Kier molecular flexibility index (Phi) is 6.16. The highest BCUT2D eigenvalue weighted by atomic mass is 16.5. The molecule has 0 radical (unpaired) electrons. The fourth-order valence-electron chi connectivity index (χ4n) is 1.92. The van der Waals surface area contributed by atoms with E-state index in [2.05, 4.69) is 31.4 Å². The Morgan fingerprint density at radius 2 is 1.78 bits per heavy atom. The highest BCUT2D eigenvalue weighted by Gasteiger charge is 2.13. The molecule has 0 bridgehead atoms. The normalized spacial score (nSPS) is 14.6. The number of hydrazine groups is 1. The van der Waals surface area contributed by atoms with Crippen LogP contribution in [0.2, 0.25) is 0 Å². The summed E-state index contributed by atoms with van der Waals surface area (Å²) in [6.45, 7) is 8.51. The van der Waals surface area contributed by atoms with Crippen LogP contribution in [0.1, 0.15) is 52.1 Å². The molecule has 2 atom stereocenters. The minimum atomic E-state index is 0.208. The van der Waals surface area contributed by atoms with Crippen molar-refractivity contribution in [2.75, 3.05) is 0 Å². The van der Waals surface area contributed by atoms with Crippen molar-refractivity contribution in [1.82, 2.24) is 5.43 Å². The Balaban J connectivity index is 2.69. The Hall–Kier alpha value is -1.06. The third-order valence-electron chi connectivity index (χ3n) is 3.19. The molecule has 0 aliphatic heterocycles. The van der Waals surface area contributed by atoms with Gasteiger partial charge < -0.3 is 4.74 Å². The van der Waals surface area contributed by atoms with Crippen molar-refractivity contribution in [2.24, 2.45) is 11.8 Å². The van der Waals surface area contributed by atoms with Crippen molar-refractivity contribution in [2.45, 2.75) is 52.7 Å². The molecule has 3 N–H and O–H groups in total. The van der Waals surface area contributed by atoms with Crippen molar-refractivity contribution in [1.29, 1.82) is 0 Å². The second kappa shape index (κ2) is 7.39. The van der Waals surface area contributed by atoms with Gasteiger partial charge in [-0.1, -0.05) is 32.4 Å². The van der Waals surface area contributed by atoms with Crippen LogP contribution in [0.25, 0.3) is 0 Å². The highest BCUT2D eigenvalue weighted by Crippen LogP contribution is 2.24. The molecular formula is C15H26N2O. The van der Waals surface area contributed by atoms with Crippen LogP contribution in [0.15, 0.2) is 24.3 Å². The molecule has 1 aromatic rings. The molecule has 3 heteroatoms. The second-order valence-corrected chi connectivity index (χ2v) is 5.20. The number of rotatable bonds is 7. The maximum absolute atomic E-state index is 5.65. The zero-order valence-electron chi connectivity index (χ0n) is 11.9. The largest absolute Gasteiger partial charge is 0.491 e. The van der Waals surface area contributed by atoms with Gasteiger partial charge >= 0.3 is 0 Å². The van der Waals surface area contributed by atoms with Crippen LogP contribution in [0.5, 0.6) is 5.75 Å². The summed E-state index contributed by atoms with van der Waals surface area (Å²) in [6.07, 6.45) is 2.43. The van der Waals surface area contributed by atoms with Gasteiger partial charge in [0.05, 0.1) is 6.10 Å². The van der Waals surface area contributed by atoms with Crippen LogP contribution in [-0.4, -0.2) is 6.10 Å². The van der Waals surface area contributed by atoms with Crippen molar-refractivity contribution in [3.63, 3.8) is 0 Å². The molecule has 0 saturated heterocycles. The van der Waals surface area contributed by atoms with Gasteiger partial charge in [0.1, 0.15) is 5.75 Å². The molecular weight excluding hydrogens is 224 g/mol. The third-order valence-corrected chi connectivity index (χ3v) is 3.19. The van der Waals surface area contributed by atoms with E-state index in [0.717, 1.165) is 12.2 Å². The summed E-state index contributed by atoms with van der Waals surface area (Å²) in [7, 11) is 0. The van der Waals surface area contributed by atoms with Crippen molar-refractivity contribution >= 4 is 0 Å². The molecule has 1 rings (SSSR count). The maximum Gasteiger partial charge on any atom is 0.119 e. The van der Waals surface area contributed by atoms with Crippen LogP contribution >= 0.6 is 0 Å². The standard InChI is InChI=1S/C15H26N2O/c1-5-12(4)10-15(17-16)13-6-8-14(9-7-13)18-11(2)3/h6-9,11-12,15,17H,5,10,16H2,1-4H3. The number of hydrogen-bond donors (Lipinski definition) is 2. The fraction of sp³-hybridized carbons (Fsp3) is 0.600. The lowest BCUT2D eigenvalue weighted by Crippen LogP contribution is -2.29. The molecule has 18 heavy (non-hydrogen) atoms. The van der Waals surface area contributed by atoms with Crippen LogP contribution in [0.4, 0.5) is 0 Å². The summed E-state index contributed by atoms with van der Waals surface area (Å²) in [5.41, 5.74) is 4.12. The van der Waals surface area contributed by atoms with E-state index in [1.807, 2.05) is 26.0 Å². The number of ether oxygens (including phenoxy) is 1. The lowest BCUT2D eigenvalue weighted by molar-refractivity contribution is 0.242. The van der Waals surface area contributed by atoms with E-state index in [-0.39, 0.29) is 12.1 Å². The first kappa shape index (κ1) is 15.0. The molecule has 0 aliphatic carbocycles. The Bertz CT molecular complexity index is 335. The summed E-state index contributed by atoms with van der Waals surface area (Å²) in [6, 6.07) is 8.41. The molecule has 0 aliphatic rings. The van der Waals surface area contributed by atoms with Crippen LogP contribution in [-0.2, 0) is 0 Å². The number of nitrogens with one attached hydrogen (secondary N) is 1. The van der Waals surface area contributed by atoms with Crippen LogP contribution < -0.4 is 16.0 Å². The Labute approximate surface area is 111 Å². The van der Waals surface area contributed by atoms with Crippen molar-refractivity contribution in [3.05, 3.63) is 29.8 Å². The van der Waals surface area contributed by atoms with Gasteiger partial charge in [-0.25, -0.2) is 0 Å². The SMILES string of the molecule is CCC(C)CC(NN)c1ccc(OC(C)C)cc1. The third kappa shape index (κ3) is 4.67. The van der Waals surface area contributed by atoms with E-state index in [4.69, 9.17) is 10.6 Å². The van der Waals surface area contributed by atoms with Gasteiger partial charge in [0.25, 0.3) is 0 Å². The van der Waals surface area contributed by atoms with Gasteiger partial charge in [-0.05, 0) is 43.9 Å². The average Bonchev–Trinajstić information content (AvgIpc) is 2.36. The summed E-state index contributed by atoms with van der Waals surface area (Å²) >= 11 is 0. The first-order chi connectivity index (χ1) is 8.56. The molecule has 0 saturated carbocycles. The van der Waals surface area contributed by atoms with Gasteiger partial charge in [-0.3, -0.25) is 11.3 Å². The van der Waals surface area contributed by atoms with E-state index >= 15 is 0 Å². The van der Waals surface area contributed by atoms with Crippen molar-refractivity contribution < 1.29 is 4.74 Å². The fourth-order valence-corrected chi connectivity index (χ4v) is 1.92. The first-order valence-corrected chi connectivity index (χ1v) is 6.79. The van der Waals surface area contributed by atoms with Crippen LogP contribution in [0, 0.1) is 5.92 Å². The predicted molar refractivity (Wildman–Crippen MR) is 76.3 cm³/mol. The van der Waals surface area contributed by atoms with Gasteiger partial charge in [0.2, 0.25) is 0 Å². The minimum Gasteiger partial charge on any atom is -0.491 e. The zero-order valence-corrected chi connectivity index (χ0v) is 11.9. The second-order valence-electron chi connectivity index (χ2n) is 5.20. The maximum atomic E-state index is 5.65. The quantitative estimate of drug-likeness (QED) is 0.576. The minimum absolute atomic E-state index is 0.208.